The van der Waals surface area contributed by atoms with Gasteiger partial charge in [-0.05, 0) is 30.7 Å². The fourth-order valence-corrected chi connectivity index (χ4v) is 2.31. The Balaban J connectivity index is 2.15. The van der Waals surface area contributed by atoms with E-state index in [9.17, 15) is 0 Å². The molecule has 0 fully saturated rings. The summed E-state index contributed by atoms with van der Waals surface area (Å²) in [5, 5.41) is 0.722. The van der Waals surface area contributed by atoms with Crippen molar-refractivity contribution in [3.8, 4) is 11.4 Å². The highest BCUT2D eigenvalue weighted by molar-refractivity contribution is 6.34. The Hall–Kier alpha value is -2.07. The van der Waals surface area contributed by atoms with E-state index < -0.39 is 0 Å². The number of aryl methyl sites for hydroxylation is 1. The van der Waals surface area contributed by atoms with Crippen molar-refractivity contribution in [2.45, 2.75) is 6.92 Å². The number of rotatable bonds is 2. The summed E-state index contributed by atoms with van der Waals surface area (Å²) >= 11 is 6.35. The van der Waals surface area contributed by atoms with Crippen LogP contribution in [0.5, 0.6) is 0 Å². The molecule has 102 valence electrons. The van der Waals surface area contributed by atoms with Gasteiger partial charge in [0.2, 0.25) is 0 Å². The molecule has 1 aromatic carbocycles. The molecule has 0 amide bonds. The monoisotopic (exact) mass is 286 g/mol. The van der Waals surface area contributed by atoms with E-state index in [-0.39, 0.29) is 0 Å². The Morgan fingerprint density at radius 3 is 2.65 bits per heavy atom. The normalized spacial score (nSPS) is 11.0. The van der Waals surface area contributed by atoms with Crippen LogP contribution in [0.1, 0.15) is 5.56 Å². The fourth-order valence-electron chi connectivity index (χ4n) is 2.09. The predicted molar refractivity (Wildman–Crippen MR) is 83.4 cm³/mol. The van der Waals surface area contributed by atoms with Gasteiger partial charge in [0.1, 0.15) is 11.6 Å². The van der Waals surface area contributed by atoms with Crippen molar-refractivity contribution in [3.63, 3.8) is 0 Å². The van der Waals surface area contributed by atoms with E-state index in [0.717, 1.165) is 33.3 Å². The third-order valence-corrected chi connectivity index (χ3v) is 3.74. The zero-order valence-electron chi connectivity index (χ0n) is 11.6. The van der Waals surface area contributed by atoms with Gasteiger partial charge in [-0.1, -0.05) is 23.7 Å². The number of hydrogen-bond donors (Lipinski definition) is 1. The summed E-state index contributed by atoms with van der Waals surface area (Å²) in [6, 6.07) is 9.86. The molecule has 20 heavy (non-hydrogen) atoms. The number of halogens is 1. The lowest BCUT2D eigenvalue weighted by molar-refractivity contribution is 1.08. The second-order valence-corrected chi connectivity index (χ2v) is 5.33. The van der Waals surface area contributed by atoms with Crippen LogP contribution in [0.15, 0.2) is 30.3 Å². The summed E-state index contributed by atoms with van der Waals surface area (Å²) in [4.78, 5) is 14.3. The Bertz CT molecular complexity index is 777. The topological polar surface area (TPSA) is 44.8 Å². The van der Waals surface area contributed by atoms with Gasteiger partial charge in [-0.3, -0.25) is 0 Å². The van der Waals surface area contributed by atoms with Gasteiger partial charge in [-0.2, -0.15) is 0 Å². The minimum atomic E-state index is 0.698. The van der Waals surface area contributed by atoms with Crippen LogP contribution < -0.4 is 4.90 Å². The number of aromatic nitrogens is 3. The van der Waals surface area contributed by atoms with Crippen molar-refractivity contribution < 1.29 is 0 Å². The number of benzene rings is 1. The van der Waals surface area contributed by atoms with E-state index in [0.29, 0.717) is 5.65 Å². The molecule has 3 aromatic rings. The lowest BCUT2D eigenvalue weighted by Crippen LogP contribution is -2.10. The average molecular weight is 287 g/mol. The molecule has 3 rings (SSSR count). The van der Waals surface area contributed by atoms with Crippen molar-refractivity contribution in [2.24, 2.45) is 0 Å². The molecule has 0 aliphatic carbocycles. The maximum Gasteiger partial charge on any atom is 0.180 e. The highest BCUT2D eigenvalue weighted by Gasteiger charge is 2.11. The lowest BCUT2D eigenvalue weighted by Gasteiger charge is -2.09. The molecule has 0 atom stereocenters. The molecule has 5 heteroatoms. The molecule has 2 heterocycles. The first kappa shape index (κ1) is 12.9. The third-order valence-electron chi connectivity index (χ3n) is 3.24. The van der Waals surface area contributed by atoms with Gasteiger partial charge in [-0.25, -0.2) is 9.97 Å². The van der Waals surface area contributed by atoms with E-state index in [1.165, 1.54) is 0 Å². The van der Waals surface area contributed by atoms with E-state index in [1.54, 1.807) is 0 Å². The molecule has 0 unspecified atom stereocenters. The van der Waals surface area contributed by atoms with Crippen LogP contribution in [0.4, 0.5) is 5.82 Å². The van der Waals surface area contributed by atoms with Gasteiger partial charge < -0.3 is 9.88 Å². The van der Waals surface area contributed by atoms with Crippen molar-refractivity contribution in [2.75, 3.05) is 19.0 Å². The quantitative estimate of drug-likeness (QED) is 0.782. The number of H-pyrrole nitrogens is 1. The molecule has 0 saturated carbocycles. The number of fused-ring (bicyclic) bond motifs is 1. The van der Waals surface area contributed by atoms with Gasteiger partial charge in [0.15, 0.2) is 5.65 Å². The number of hydrogen-bond acceptors (Lipinski definition) is 3. The average Bonchev–Trinajstić information content (AvgIpc) is 2.84. The van der Waals surface area contributed by atoms with Crippen LogP contribution in [-0.4, -0.2) is 29.0 Å². The largest absolute Gasteiger partial charge is 0.363 e. The first-order chi connectivity index (χ1) is 9.56. The highest BCUT2D eigenvalue weighted by atomic mass is 35.5. The lowest BCUT2D eigenvalue weighted by atomic mass is 10.1. The SMILES string of the molecule is Cc1cccc(-c2nc3nc(N(C)C)ccc3[nH]2)c1Cl. The summed E-state index contributed by atoms with van der Waals surface area (Å²) in [6.45, 7) is 1.98. The molecule has 2 aromatic heterocycles. The van der Waals surface area contributed by atoms with Crippen molar-refractivity contribution in [1.29, 1.82) is 0 Å². The maximum atomic E-state index is 6.35. The number of anilines is 1. The van der Waals surface area contributed by atoms with Gasteiger partial charge in [-0.15, -0.1) is 0 Å². The standard InChI is InChI=1S/C15H15ClN4/c1-9-5-4-6-10(13(9)16)14-17-11-7-8-12(20(2)3)18-15(11)19-14/h4-8H,1-3H3,(H,17,18,19). The number of imidazole rings is 1. The predicted octanol–water partition coefficient (Wildman–Crippen LogP) is 3.65. The van der Waals surface area contributed by atoms with Crippen molar-refractivity contribution in [3.05, 3.63) is 40.9 Å². The fraction of sp³-hybridized carbons (Fsp3) is 0.200. The maximum absolute atomic E-state index is 6.35. The molecular weight excluding hydrogens is 272 g/mol. The van der Waals surface area contributed by atoms with E-state index >= 15 is 0 Å². The minimum Gasteiger partial charge on any atom is -0.363 e. The number of nitrogens with one attached hydrogen (secondary N) is 1. The summed E-state index contributed by atoms with van der Waals surface area (Å²) in [5.74, 6) is 1.63. The molecule has 0 aliphatic heterocycles. The first-order valence-electron chi connectivity index (χ1n) is 6.36. The van der Waals surface area contributed by atoms with Crippen LogP contribution in [-0.2, 0) is 0 Å². The summed E-state index contributed by atoms with van der Waals surface area (Å²) in [7, 11) is 3.91. The zero-order valence-corrected chi connectivity index (χ0v) is 12.4. The van der Waals surface area contributed by atoms with Crippen LogP contribution >= 0.6 is 11.6 Å². The molecule has 0 saturated heterocycles. The molecule has 0 radical (unpaired) electrons. The van der Waals surface area contributed by atoms with Crippen molar-refractivity contribution >= 4 is 28.6 Å². The van der Waals surface area contributed by atoms with E-state index in [1.807, 2.05) is 56.3 Å². The second kappa shape index (κ2) is 4.80. The summed E-state index contributed by atoms with van der Waals surface area (Å²) in [5.41, 5.74) is 3.54. The van der Waals surface area contributed by atoms with Gasteiger partial charge in [0.25, 0.3) is 0 Å². The summed E-state index contributed by atoms with van der Waals surface area (Å²) in [6.07, 6.45) is 0. The highest BCUT2D eigenvalue weighted by Crippen LogP contribution is 2.29. The van der Waals surface area contributed by atoms with Crippen molar-refractivity contribution in [1.82, 2.24) is 15.0 Å². The van der Waals surface area contributed by atoms with E-state index in [2.05, 4.69) is 15.0 Å². The molecule has 0 aliphatic rings. The third kappa shape index (κ3) is 2.12. The Morgan fingerprint density at radius 1 is 1.10 bits per heavy atom. The number of nitrogens with zero attached hydrogens (tertiary/aromatic N) is 3. The Kier molecular flexibility index (Phi) is 3.10. The van der Waals surface area contributed by atoms with Crippen LogP contribution in [0.2, 0.25) is 5.02 Å². The van der Waals surface area contributed by atoms with Crippen LogP contribution in [0, 0.1) is 6.92 Å². The van der Waals surface area contributed by atoms with Gasteiger partial charge in [0, 0.05) is 19.7 Å². The second-order valence-electron chi connectivity index (χ2n) is 4.96. The van der Waals surface area contributed by atoms with Crippen LogP contribution in [0.25, 0.3) is 22.6 Å². The molecule has 1 N–H and O–H groups in total. The Morgan fingerprint density at radius 2 is 1.90 bits per heavy atom. The number of pyridine rings is 1. The summed E-state index contributed by atoms with van der Waals surface area (Å²) < 4.78 is 0. The number of aromatic amines is 1. The zero-order chi connectivity index (χ0) is 14.3. The first-order valence-corrected chi connectivity index (χ1v) is 6.73. The van der Waals surface area contributed by atoms with Gasteiger partial charge >= 0.3 is 0 Å². The van der Waals surface area contributed by atoms with Crippen LogP contribution in [0.3, 0.4) is 0 Å². The molecule has 0 spiro atoms. The molecular formula is C15H15ClN4. The molecule has 4 nitrogen and oxygen atoms in total. The Labute approximate surface area is 122 Å². The molecule has 0 bridgehead atoms. The van der Waals surface area contributed by atoms with Gasteiger partial charge in [0.05, 0.1) is 10.5 Å². The van der Waals surface area contributed by atoms with E-state index in [4.69, 9.17) is 11.6 Å². The smallest absolute Gasteiger partial charge is 0.180 e. The minimum absolute atomic E-state index is 0.698.